The highest BCUT2D eigenvalue weighted by Gasteiger charge is 2.20. The summed E-state index contributed by atoms with van der Waals surface area (Å²) in [6.45, 7) is 7.03. The lowest BCUT2D eigenvalue weighted by Crippen LogP contribution is -2.47. The summed E-state index contributed by atoms with van der Waals surface area (Å²) >= 11 is 0. The topological polar surface area (TPSA) is 127 Å². The third kappa shape index (κ3) is 6.03. The number of hydrogen-bond acceptors (Lipinski definition) is 6. The van der Waals surface area contributed by atoms with Crippen molar-refractivity contribution < 1.29 is 27.2 Å². The Balaban J connectivity index is 1.64. The molecule has 1 unspecified atom stereocenters. The van der Waals surface area contributed by atoms with Crippen LogP contribution >= 0.6 is 0 Å². The van der Waals surface area contributed by atoms with Gasteiger partial charge in [-0.3, -0.25) is 20.4 Å². The molecule has 3 rings (SSSR count). The first-order chi connectivity index (χ1) is 16.1. The Morgan fingerprint density at radius 2 is 1.76 bits per heavy atom. The fraction of sp³-hybridized carbons (Fsp3) is 0.250. The van der Waals surface area contributed by atoms with Gasteiger partial charge in [-0.1, -0.05) is 18.2 Å². The van der Waals surface area contributed by atoms with Gasteiger partial charge in [0.05, 0.1) is 17.7 Å². The second-order valence-electron chi connectivity index (χ2n) is 7.78. The summed E-state index contributed by atoms with van der Waals surface area (Å²) in [5.74, 6) is -0.193. The third-order valence-electron chi connectivity index (χ3n) is 5.31. The van der Waals surface area contributed by atoms with Gasteiger partial charge in [-0.25, -0.2) is 13.1 Å². The number of benzene rings is 2. The SMILES string of the molecule is Cc1ccc(S(=O)(=O)NCc2ccco2)cc1C(=O)NNC(=O)C(C)Oc1cccc(C)c1C. The molecule has 0 aliphatic heterocycles. The van der Waals surface area contributed by atoms with Crippen LogP contribution in [0.1, 0.15) is 39.7 Å². The van der Waals surface area contributed by atoms with Crippen LogP contribution in [0.15, 0.2) is 64.1 Å². The number of rotatable bonds is 8. The van der Waals surface area contributed by atoms with E-state index in [0.717, 1.165) is 11.1 Å². The van der Waals surface area contributed by atoms with Crippen LogP contribution in [0.25, 0.3) is 0 Å². The number of carbonyl (C=O) groups excluding carboxylic acids is 2. The number of hydrazine groups is 1. The Bertz CT molecular complexity index is 1290. The molecule has 2 amide bonds. The standard InChI is InChI=1S/C24H27N3O6S/c1-15-7-5-9-22(17(15)3)33-18(4)23(28)26-27-24(29)21-13-20(11-10-16(21)2)34(30,31)25-14-19-8-6-12-32-19/h5-13,18,25H,14H2,1-4H3,(H,26,28)(H,27,29). The lowest BCUT2D eigenvalue weighted by atomic mass is 10.1. The van der Waals surface area contributed by atoms with Crippen molar-refractivity contribution in [2.45, 2.75) is 45.2 Å². The van der Waals surface area contributed by atoms with E-state index in [0.29, 0.717) is 17.1 Å². The molecule has 180 valence electrons. The van der Waals surface area contributed by atoms with Crippen molar-refractivity contribution in [3.8, 4) is 5.75 Å². The minimum atomic E-state index is -3.89. The quantitative estimate of drug-likeness (QED) is 0.421. The van der Waals surface area contributed by atoms with E-state index in [9.17, 15) is 18.0 Å². The predicted octanol–water partition coefficient (Wildman–Crippen LogP) is 2.91. The smallest absolute Gasteiger partial charge is 0.279 e. The molecule has 0 spiro atoms. The van der Waals surface area contributed by atoms with Crippen LogP contribution in [0, 0.1) is 20.8 Å². The van der Waals surface area contributed by atoms with E-state index in [2.05, 4.69) is 15.6 Å². The summed E-state index contributed by atoms with van der Waals surface area (Å²) < 4.78 is 38.5. The Labute approximate surface area is 198 Å². The normalized spacial score (nSPS) is 12.1. The van der Waals surface area contributed by atoms with Gasteiger partial charge in [-0.15, -0.1) is 0 Å². The van der Waals surface area contributed by atoms with Gasteiger partial charge in [-0.05, 0) is 74.7 Å². The minimum absolute atomic E-state index is 0.0287. The van der Waals surface area contributed by atoms with E-state index in [1.165, 1.54) is 24.5 Å². The van der Waals surface area contributed by atoms with Crippen molar-refractivity contribution in [1.82, 2.24) is 15.6 Å². The molecule has 0 aliphatic carbocycles. The predicted molar refractivity (Wildman–Crippen MR) is 126 cm³/mol. The molecule has 1 heterocycles. The van der Waals surface area contributed by atoms with Crippen LogP contribution in [0.5, 0.6) is 5.75 Å². The van der Waals surface area contributed by atoms with E-state index in [-0.39, 0.29) is 17.0 Å². The number of amides is 2. The molecule has 0 fully saturated rings. The summed E-state index contributed by atoms with van der Waals surface area (Å²) in [6.07, 6.45) is 0.569. The highest BCUT2D eigenvalue weighted by molar-refractivity contribution is 7.89. The van der Waals surface area contributed by atoms with Crippen molar-refractivity contribution in [3.63, 3.8) is 0 Å². The maximum atomic E-state index is 12.7. The number of ether oxygens (including phenoxy) is 1. The maximum Gasteiger partial charge on any atom is 0.279 e. The molecular formula is C24H27N3O6S. The van der Waals surface area contributed by atoms with Gasteiger partial charge in [0.2, 0.25) is 10.0 Å². The van der Waals surface area contributed by atoms with Crippen molar-refractivity contribution >= 4 is 21.8 Å². The summed E-state index contributed by atoms with van der Waals surface area (Å²) in [5.41, 5.74) is 7.23. The molecule has 9 nitrogen and oxygen atoms in total. The van der Waals surface area contributed by atoms with Crippen LogP contribution in [-0.2, 0) is 21.4 Å². The summed E-state index contributed by atoms with van der Waals surface area (Å²) in [4.78, 5) is 25.0. The summed E-state index contributed by atoms with van der Waals surface area (Å²) in [5, 5.41) is 0. The first-order valence-corrected chi connectivity index (χ1v) is 12.0. The average Bonchev–Trinajstić information content (AvgIpc) is 3.33. The highest BCUT2D eigenvalue weighted by atomic mass is 32.2. The second-order valence-corrected chi connectivity index (χ2v) is 9.55. The van der Waals surface area contributed by atoms with Gasteiger partial charge in [-0.2, -0.15) is 0 Å². The van der Waals surface area contributed by atoms with E-state index >= 15 is 0 Å². The molecule has 0 bridgehead atoms. The number of nitrogens with one attached hydrogen (secondary N) is 3. The van der Waals surface area contributed by atoms with E-state index < -0.39 is 27.9 Å². The number of furan rings is 1. The molecule has 0 radical (unpaired) electrons. The molecule has 1 aromatic heterocycles. The van der Waals surface area contributed by atoms with Gasteiger partial charge >= 0.3 is 0 Å². The van der Waals surface area contributed by atoms with Gasteiger partial charge in [0.15, 0.2) is 6.10 Å². The number of sulfonamides is 1. The van der Waals surface area contributed by atoms with Crippen LogP contribution in [-0.4, -0.2) is 26.3 Å². The zero-order chi connectivity index (χ0) is 24.9. The largest absolute Gasteiger partial charge is 0.481 e. The molecule has 34 heavy (non-hydrogen) atoms. The number of carbonyl (C=O) groups is 2. The zero-order valence-electron chi connectivity index (χ0n) is 19.3. The maximum absolute atomic E-state index is 12.7. The Morgan fingerprint density at radius 1 is 1.00 bits per heavy atom. The third-order valence-corrected chi connectivity index (χ3v) is 6.71. The lowest BCUT2D eigenvalue weighted by molar-refractivity contribution is -0.128. The van der Waals surface area contributed by atoms with E-state index in [1.54, 1.807) is 32.0 Å². The first kappa shape index (κ1) is 25.0. The number of hydrogen-bond donors (Lipinski definition) is 3. The molecule has 2 aromatic carbocycles. The van der Waals surface area contributed by atoms with Crippen molar-refractivity contribution in [1.29, 1.82) is 0 Å². The fourth-order valence-electron chi connectivity index (χ4n) is 3.06. The van der Waals surface area contributed by atoms with Gasteiger partial charge in [0, 0.05) is 5.56 Å². The number of aryl methyl sites for hydroxylation is 2. The molecule has 0 saturated carbocycles. The first-order valence-electron chi connectivity index (χ1n) is 10.5. The summed E-state index contributed by atoms with van der Waals surface area (Å²) in [6, 6.07) is 13.0. The molecular weight excluding hydrogens is 458 g/mol. The van der Waals surface area contributed by atoms with Crippen LogP contribution < -0.4 is 20.3 Å². The van der Waals surface area contributed by atoms with E-state index in [4.69, 9.17) is 9.15 Å². The summed E-state index contributed by atoms with van der Waals surface area (Å²) in [7, 11) is -3.89. The van der Waals surface area contributed by atoms with E-state index in [1.807, 2.05) is 26.0 Å². The Hall–Kier alpha value is -3.63. The van der Waals surface area contributed by atoms with Gasteiger partial charge in [0.1, 0.15) is 11.5 Å². The highest BCUT2D eigenvalue weighted by Crippen LogP contribution is 2.22. The Kier molecular flexibility index (Phi) is 7.75. The molecule has 10 heteroatoms. The van der Waals surface area contributed by atoms with Crippen LogP contribution in [0.3, 0.4) is 0 Å². The minimum Gasteiger partial charge on any atom is -0.481 e. The van der Waals surface area contributed by atoms with Crippen molar-refractivity contribution in [2.24, 2.45) is 0 Å². The zero-order valence-corrected chi connectivity index (χ0v) is 20.2. The van der Waals surface area contributed by atoms with Crippen molar-refractivity contribution in [2.75, 3.05) is 0 Å². The average molecular weight is 486 g/mol. The molecule has 3 N–H and O–H groups in total. The fourth-order valence-corrected chi connectivity index (χ4v) is 4.08. The molecule has 3 aromatic rings. The molecule has 1 atom stereocenters. The van der Waals surface area contributed by atoms with Gasteiger partial charge < -0.3 is 9.15 Å². The van der Waals surface area contributed by atoms with Crippen molar-refractivity contribution in [3.05, 3.63) is 82.8 Å². The molecule has 0 aliphatic rings. The van der Waals surface area contributed by atoms with Gasteiger partial charge in [0.25, 0.3) is 11.8 Å². The second kappa shape index (κ2) is 10.5. The monoisotopic (exact) mass is 485 g/mol. The van der Waals surface area contributed by atoms with Crippen LogP contribution in [0.2, 0.25) is 0 Å². The Morgan fingerprint density at radius 3 is 2.47 bits per heavy atom. The van der Waals surface area contributed by atoms with Crippen LogP contribution in [0.4, 0.5) is 0 Å². The lowest BCUT2D eigenvalue weighted by Gasteiger charge is -2.17. The molecule has 0 saturated heterocycles.